The number of hydrogen-bond donors (Lipinski definition) is 1. The predicted molar refractivity (Wildman–Crippen MR) is 70.9 cm³/mol. The van der Waals surface area contributed by atoms with Gasteiger partial charge in [-0.05, 0) is 51.7 Å². The van der Waals surface area contributed by atoms with Crippen molar-refractivity contribution in [3.8, 4) is 0 Å². The van der Waals surface area contributed by atoms with Crippen LogP contribution in [0.5, 0.6) is 0 Å². The molecule has 0 aromatic heterocycles. The lowest BCUT2D eigenvalue weighted by atomic mass is 10.2. The van der Waals surface area contributed by atoms with Gasteiger partial charge in [-0.2, -0.15) is 0 Å². The highest BCUT2D eigenvalue weighted by atomic mass is 35.5. The number of benzene rings is 1. The minimum Gasteiger partial charge on any atom is -0.313 e. The summed E-state index contributed by atoms with van der Waals surface area (Å²) in [6, 6.07) is 4.91. The molecule has 4 heteroatoms. The van der Waals surface area contributed by atoms with Crippen LogP contribution >= 0.6 is 11.6 Å². The molecule has 0 bridgehead atoms. The summed E-state index contributed by atoms with van der Waals surface area (Å²) in [5, 5.41) is 3.50. The Bertz CT molecular complexity index is 342. The van der Waals surface area contributed by atoms with Gasteiger partial charge in [-0.15, -0.1) is 0 Å². The van der Waals surface area contributed by atoms with E-state index < -0.39 is 0 Å². The summed E-state index contributed by atoms with van der Waals surface area (Å²) in [7, 11) is 4.14. The normalized spacial score (nSPS) is 11.1. The molecule has 17 heavy (non-hydrogen) atoms. The first-order valence-corrected chi connectivity index (χ1v) is 6.27. The van der Waals surface area contributed by atoms with E-state index >= 15 is 0 Å². The van der Waals surface area contributed by atoms with E-state index in [9.17, 15) is 4.39 Å². The molecule has 0 atom stereocenters. The third-order valence-electron chi connectivity index (χ3n) is 2.56. The van der Waals surface area contributed by atoms with Crippen molar-refractivity contribution < 1.29 is 4.39 Å². The van der Waals surface area contributed by atoms with Crippen molar-refractivity contribution in [2.24, 2.45) is 0 Å². The molecule has 0 heterocycles. The second-order valence-electron chi connectivity index (χ2n) is 4.40. The third kappa shape index (κ3) is 5.48. The van der Waals surface area contributed by atoms with Crippen molar-refractivity contribution in [3.63, 3.8) is 0 Å². The Morgan fingerprint density at radius 2 is 2.06 bits per heavy atom. The highest BCUT2D eigenvalue weighted by Crippen LogP contribution is 2.19. The van der Waals surface area contributed by atoms with Gasteiger partial charge in [-0.25, -0.2) is 4.39 Å². The molecule has 0 spiro atoms. The summed E-state index contributed by atoms with van der Waals surface area (Å²) in [6.07, 6.45) is 2.28. The van der Waals surface area contributed by atoms with Gasteiger partial charge in [0.15, 0.2) is 0 Å². The number of hydrogen-bond acceptors (Lipinski definition) is 2. The fraction of sp³-hybridized carbons (Fsp3) is 0.538. The number of nitrogens with zero attached hydrogens (tertiary/aromatic N) is 1. The third-order valence-corrected chi connectivity index (χ3v) is 2.98. The monoisotopic (exact) mass is 258 g/mol. The predicted octanol–water partition coefficient (Wildman–Crippen LogP) is 2.91. The number of unbranched alkanes of at least 4 members (excludes halogenated alkanes) is 1. The summed E-state index contributed by atoms with van der Waals surface area (Å²) in [5.41, 5.74) is 0.819. The lowest BCUT2D eigenvalue weighted by Crippen LogP contribution is -2.18. The van der Waals surface area contributed by atoms with Gasteiger partial charge in [0.25, 0.3) is 0 Å². The van der Waals surface area contributed by atoms with Crippen LogP contribution in [0.2, 0.25) is 5.02 Å². The fourth-order valence-corrected chi connectivity index (χ4v) is 1.78. The SMILES string of the molecule is CN(C)CCCCNCc1cccc(F)c1Cl. The molecule has 0 fully saturated rings. The first-order chi connectivity index (χ1) is 8.11. The molecule has 96 valence electrons. The van der Waals surface area contributed by atoms with Crippen molar-refractivity contribution in [1.29, 1.82) is 0 Å². The molecule has 2 nitrogen and oxygen atoms in total. The average molecular weight is 259 g/mol. The van der Waals surface area contributed by atoms with E-state index in [2.05, 4.69) is 24.3 Å². The van der Waals surface area contributed by atoms with Crippen LogP contribution in [0.1, 0.15) is 18.4 Å². The Morgan fingerprint density at radius 3 is 2.76 bits per heavy atom. The Morgan fingerprint density at radius 1 is 1.29 bits per heavy atom. The Hall–Kier alpha value is -0.640. The molecule has 0 unspecified atom stereocenters. The van der Waals surface area contributed by atoms with Crippen molar-refractivity contribution >= 4 is 11.6 Å². The van der Waals surface area contributed by atoms with Gasteiger partial charge in [0.2, 0.25) is 0 Å². The fourth-order valence-electron chi connectivity index (χ4n) is 1.59. The zero-order valence-electron chi connectivity index (χ0n) is 10.5. The smallest absolute Gasteiger partial charge is 0.142 e. The van der Waals surface area contributed by atoms with Gasteiger partial charge in [0.1, 0.15) is 5.82 Å². The molecule has 0 saturated heterocycles. The largest absolute Gasteiger partial charge is 0.313 e. The standard InChI is InChI=1S/C13H20ClFN2/c1-17(2)9-4-3-8-16-10-11-6-5-7-12(15)13(11)14/h5-7,16H,3-4,8-10H2,1-2H3. The van der Waals surface area contributed by atoms with E-state index in [1.807, 2.05) is 6.07 Å². The summed E-state index contributed by atoms with van der Waals surface area (Å²) in [5.74, 6) is -0.349. The van der Waals surface area contributed by atoms with Crippen LogP contribution in [-0.2, 0) is 6.54 Å². The van der Waals surface area contributed by atoms with E-state index in [4.69, 9.17) is 11.6 Å². The van der Waals surface area contributed by atoms with E-state index in [1.165, 1.54) is 6.07 Å². The first-order valence-electron chi connectivity index (χ1n) is 5.89. The highest BCUT2D eigenvalue weighted by Gasteiger charge is 2.04. The maximum atomic E-state index is 13.1. The highest BCUT2D eigenvalue weighted by molar-refractivity contribution is 6.31. The number of nitrogens with one attached hydrogen (secondary N) is 1. The van der Waals surface area contributed by atoms with Crippen molar-refractivity contribution in [3.05, 3.63) is 34.6 Å². The molecule has 0 aliphatic heterocycles. The van der Waals surface area contributed by atoms with Crippen LogP contribution in [0.3, 0.4) is 0 Å². The van der Waals surface area contributed by atoms with Crippen LogP contribution < -0.4 is 5.32 Å². The molecule has 0 saturated carbocycles. The summed E-state index contributed by atoms with van der Waals surface area (Å²) in [4.78, 5) is 2.17. The second-order valence-corrected chi connectivity index (χ2v) is 4.78. The van der Waals surface area contributed by atoms with E-state index in [0.717, 1.165) is 31.5 Å². The second kappa shape index (κ2) is 7.64. The molecular formula is C13H20ClFN2. The van der Waals surface area contributed by atoms with Gasteiger partial charge in [-0.1, -0.05) is 23.7 Å². The van der Waals surface area contributed by atoms with Crippen molar-refractivity contribution in [2.75, 3.05) is 27.2 Å². The van der Waals surface area contributed by atoms with Crippen LogP contribution in [-0.4, -0.2) is 32.1 Å². The van der Waals surface area contributed by atoms with Crippen molar-refractivity contribution in [2.45, 2.75) is 19.4 Å². The van der Waals surface area contributed by atoms with Gasteiger partial charge >= 0.3 is 0 Å². The van der Waals surface area contributed by atoms with Crippen LogP contribution in [0.4, 0.5) is 4.39 Å². The van der Waals surface area contributed by atoms with Gasteiger partial charge < -0.3 is 10.2 Å². The van der Waals surface area contributed by atoms with E-state index in [-0.39, 0.29) is 10.8 Å². The molecule has 1 aromatic rings. The Balaban J connectivity index is 2.20. The zero-order valence-corrected chi connectivity index (χ0v) is 11.2. The van der Waals surface area contributed by atoms with E-state index in [0.29, 0.717) is 6.54 Å². The lowest BCUT2D eigenvalue weighted by molar-refractivity contribution is 0.391. The topological polar surface area (TPSA) is 15.3 Å². The van der Waals surface area contributed by atoms with Gasteiger partial charge in [0, 0.05) is 6.54 Å². The molecule has 0 aliphatic rings. The Labute approximate surface area is 108 Å². The quantitative estimate of drug-likeness (QED) is 0.757. The minimum absolute atomic E-state index is 0.230. The van der Waals surface area contributed by atoms with Gasteiger partial charge in [-0.3, -0.25) is 0 Å². The maximum Gasteiger partial charge on any atom is 0.142 e. The Kier molecular flexibility index (Phi) is 6.48. The summed E-state index contributed by atoms with van der Waals surface area (Å²) < 4.78 is 13.1. The van der Waals surface area contributed by atoms with Crippen LogP contribution in [0.15, 0.2) is 18.2 Å². The molecule has 0 amide bonds. The summed E-state index contributed by atoms with van der Waals surface area (Å²) >= 11 is 5.85. The molecular weight excluding hydrogens is 239 g/mol. The van der Waals surface area contributed by atoms with Crippen molar-refractivity contribution in [1.82, 2.24) is 10.2 Å². The van der Waals surface area contributed by atoms with Crippen LogP contribution in [0.25, 0.3) is 0 Å². The van der Waals surface area contributed by atoms with Crippen LogP contribution in [0, 0.1) is 5.82 Å². The molecule has 0 radical (unpaired) electrons. The maximum absolute atomic E-state index is 13.1. The molecule has 0 aliphatic carbocycles. The molecule has 1 aromatic carbocycles. The minimum atomic E-state index is -0.349. The molecule has 1 rings (SSSR count). The lowest BCUT2D eigenvalue weighted by Gasteiger charge is -2.10. The number of rotatable bonds is 7. The molecule has 1 N–H and O–H groups in total. The first kappa shape index (κ1) is 14.4. The number of halogens is 2. The average Bonchev–Trinajstić information content (AvgIpc) is 2.28. The van der Waals surface area contributed by atoms with Gasteiger partial charge in [0.05, 0.1) is 5.02 Å². The van der Waals surface area contributed by atoms with E-state index in [1.54, 1.807) is 6.07 Å². The zero-order chi connectivity index (χ0) is 12.7. The summed E-state index contributed by atoms with van der Waals surface area (Å²) in [6.45, 7) is 2.65.